The van der Waals surface area contributed by atoms with Crippen LogP contribution < -0.4 is 4.74 Å². The Balaban J connectivity index is 1.96. The van der Waals surface area contributed by atoms with Crippen LogP contribution in [0, 0.1) is 13.8 Å². The molecule has 3 nitrogen and oxygen atoms in total. The quantitative estimate of drug-likeness (QED) is 0.886. The Morgan fingerprint density at radius 1 is 1.26 bits per heavy atom. The first-order valence-electron chi connectivity index (χ1n) is 7.26. The largest absolute Gasteiger partial charge is 0.491 e. The van der Waals surface area contributed by atoms with Crippen molar-refractivity contribution in [3.05, 3.63) is 29.3 Å². The molecule has 1 aliphatic heterocycles. The summed E-state index contributed by atoms with van der Waals surface area (Å²) >= 11 is 0. The molecule has 2 rings (SSSR count). The third kappa shape index (κ3) is 3.71. The Bertz CT molecular complexity index is 383. The number of ether oxygens (including phenoxy) is 1. The first-order chi connectivity index (χ1) is 9.22. The van der Waals surface area contributed by atoms with Crippen LogP contribution >= 0.6 is 0 Å². The number of aryl methyl sites for hydroxylation is 2. The lowest BCUT2D eigenvalue weighted by atomic mass is 10.0. The smallest absolute Gasteiger partial charge is 0.125 e. The van der Waals surface area contributed by atoms with Crippen molar-refractivity contribution >= 4 is 0 Å². The normalized spacial score (nSPS) is 20.5. The third-order valence-electron chi connectivity index (χ3n) is 3.97. The molecule has 1 aliphatic rings. The van der Waals surface area contributed by atoms with Crippen LogP contribution in [-0.4, -0.2) is 42.4 Å². The molecule has 1 heterocycles. The van der Waals surface area contributed by atoms with E-state index in [4.69, 9.17) is 9.84 Å². The van der Waals surface area contributed by atoms with Gasteiger partial charge in [-0.25, -0.2) is 0 Å². The van der Waals surface area contributed by atoms with Crippen molar-refractivity contribution in [2.24, 2.45) is 0 Å². The lowest BCUT2D eigenvalue weighted by Gasteiger charge is -2.35. The zero-order valence-electron chi connectivity index (χ0n) is 12.1. The molecule has 1 aromatic carbocycles. The van der Waals surface area contributed by atoms with Gasteiger partial charge in [-0.2, -0.15) is 0 Å². The van der Waals surface area contributed by atoms with Crippen LogP contribution in [-0.2, 0) is 0 Å². The van der Waals surface area contributed by atoms with E-state index in [9.17, 15) is 0 Å². The number of likely N-dealkylation sites (tertiary alicyclic amines) is 1. The van der Waals surface area contributed by atoms with Gasteiger partial charge in [0.2, 0.25) is 0 Å². The van der Waals surface area contributed by atoms with Gasteiger partial charge >= 0.3 is 0 Å². The van der Waals surface area contributed by atoms with E-state index in [-0.39, 0.29) is 6.61 Å². The first-order valence-corrected chi connectivity index (χ1v) is 7.26. The Hall–Kier alpha value is -1.06. The van der Waals surface area contributed by atoms with Crippen LogP contribution in [0.3, 0.4) is 0 Å². The minimum absolute atomic E-state index is 0.236. The number of rotatable bonds is 5. The second kappa shape index (κ2) is 6.92. The Kier molecular flexibility index (Phi) is 5.23. The van der Waals surface area contributed by atoms with Gasteiger partial charge in [-0.15, -0.1) is 0 Å². The third-order valence-corrected chi connectivity index (χ3v) is 3.97. The van der Waals surface area contributed by atoms with Gasteiger partial charge in [0.1, 0.15) is 12.4 Å². The number of nitrogens with zero attached hydrogens (tertiary/aromatic N) is 1. The molecule has 0 aromatic heterocycles. The maximum atomic E-state index is 9.13. The minimum atomic E-state index is 0.236. The van der Waals surface area contributed by atoms with E-state index in [0.29, 0.717) is 6.04 Å². The summed E-state index contributed by atoms with van der Waals surface area (Å²) in [6.45, 7) is 7.00. The van der Waals surface area contributed by atoms with Crippen LogP contribution in [0.4, 0.5) is 0 Å². The maximum Gasteiger partial charge on any atom is 0.125 e. The molecule has 0 radical (unpaired) electrons. The highest BCUT2D eigenvalue weighted by molar-refractivity contribution is 5.39. The summed E-state index contributed by atoms with van der Waals surface area (Å²) in [5, 5.41) is 9.13. The number of β-amino-alcohol motifs (C(OH)–C–C–N with tert-alkyl or cyclic N) is 1. The van der Waals surface area contributed by atoms with Gasteiger partial charge in [-0.1, -0.05) is 24.6 Å². The molecule has 1 aromatic rings. The van der Waals surface area contributed by atoms with Gasteiger partial charge in [0.05, 0.1) is 6.61 Å². The summed E-state index contributed by atoms with van der Waals surface area (Å²) in [4.78, 5) is 2.36. The van der Waals surface area contributed by atoms with E-state index in [2.05, 4.69) is 36.9 Å². The highest BCUT2D eigenvalue weighted by atomic mass is 16.5. The summed E-state index contributed by atoms with van der Waals surface area (Å²) in [6, 6.07) is 6.69. The van der Waals surface area contributed by atoms with Crippen molar-refractivity contribution in [1.82, 2.24) is 4.90 Å². The molecule has 19 heavy (non-hydrogen) atoms. The average Bonchev–Trinajstić information content (AvgIpc) is 2.40. The molecule has 1 saturated heterocycles. The zero-order chi connectivity index (χ0) is 13.7. The average molecular weight is 263 g/mol. The lowest BCUT2D eigenvalue weighted by molar-refractivity contribution is 0.0810. The van der Waals surface area contributed by atoms with Gasteiger partial charge in [0.15, 0.2) is 0 Å². The van der Waals surface area contributed by atoms with Crippen molar-refractivity contribution in [1.29, 1.82) is 0 Å². The molecule has 1 unspecified atom stereocenters. The van der Waals surface area contributed by atoms with Crippen LogP contribution in [0.5, 0.6) is 5.75 Å². The lowest BCUT2D eigenvalue weighted by Crippen LogP contribution is -2.44. The molecule has 0 amide bonds. The standard InChI is InChI=1S/C16H25NO2/c1-13-6-5-7-14(2)16(13)19-12-15-8-3-4-9-17(15)10-11-18/h5-7,15,18H,3-4,8-12H2,1-2H3. The van der Waals surface area contributed by atoms with Crippen molar-refractivity contribution in [2.75, 3.05) is 26.3 Å². The Morgan fingerprint density at radius 2 is 2.00 bits per heavy atom. The molecule has 1 atom stereocenters. The summed E-state index contributed by atoms with van der Waals surface area (Å²) in [5.41, 5.74) is 2.40. The number of aliphatic hydroxyl groups excluding tert-OH is 1. The Morgan fingerprint density at radius 3 is 2.68 bits per heavy atom. The van der Waals surface area contributed by atoms with Crippen LogP contribution in [0.2, 0.25) is 0 Å². The summed E-state index contributed by atoms with van der Waals surface area (Å²) in [7, 11) is 0. The van der Waals surface area contributed by atoms with Crippen molar-refractivity contribution < 1.29 is 9.84 Å². The minimum Gasteiger partial charge on any atom is -0.491 e. The van der Waals surface area contributed by atoms with Crippen molar-refractivity contribution in [3.8, 4) is 5.75 Å². The molecule has 0 saturated carbocycles. The monoisotopic (exact) mass is 263 g/mol. The molecule has 0 spiro atoms. The molecule has 1 N–H and O–H groups in total. The number of para-hydroxylation sites is 1. The van der Waals surface area contributed by atoms with Crippen molar-refractivity contribution in [3.63, 3.8) is 0 Å². The highest BCUT2D eigenvalue weighted by Gasteiger charge is 2.22. The number of benzene rings is 1. The molecule has 0 bridgehead atoms. The number of piperidine rings is 1. The molecule has 1 fully saturated rings. The first kappa shape index (κ1) is 14.4. The summed E-state index contributed by atoms with van der Waals surface area (Å²) in [6.07, 6.45) is 3.67. The number of hydrogen-bond donors (Lipinski definition) is 1. The Labute approximate surface area is 116 Å². The SMILES string of the molecule is Cc1cccc(C)c1OCC1CCCCN1CCO. The summed E-state index contributed by atoms with van der Waals surface area (Å²) < 4.78 is 6.06. The zero-order valence-corrected chi connectivity index (χ0v) is 12.1. The predicted molar refractivity (Wildman–Crippen MR) is 77.7 cm³/mol. The van der Waals surface area contributed by atoms with Crippen LogP contribution in [0.25, 0.3) is 0 Å². The van der Waals surface area contributed by atoms with E-state index in [0.717, 1.165) is 25.4 Å². The predicted octanol–water partition coefficient (Wildman–Crippen LogP) is 2.53. The van der Waals surface area contributed by atoms with E-state index in [1.807, 2.05) is 0 Å². The molecule has 3 heteroatoms. The fourth-order valence-electron chi connectivity index (χ4n) is 2.88. The van der Waals surface area contributed by atoms with Gasteiger partial charge in [-0.05, 0) is 44.4 Å². The van der Waals surface area contributed by atoms with E-state index < -0.39 is 0 Å². The summed E-state index contributed by atoms with van der Waals surface area (Å²) in [5.74, 6) is 1.03. The molecular formula is C16H25NO2. The van der Waals surface area contributed by atoms with Gasteiger partial charge in [0.25, 0.3) is 0 Å². The fraction of sp³-hybridized carbons (Fsp3) is 0.625. The second-order valence-corrected chi connectivity index (χ2v) is 5.44. The maximum absolute atomic E-state index is 9.13. The highest BCUT2D eigenvalue weighted by Crippen LogP contribution is 2.24. The fourth-order valence-corrected chi connectivity index (χ4v) is 2.88. The van der Waals surface area contributed by atoms with E-state index in [1.54, 1.807) is 0 Å². The van der Waals surface area contributed by atoms with Gasteiger partial charge in [0, 0.05) is 12.6 Å². The van der Waals surface area contributed by atoms with E-state index in [1.165, 1.54) is 30.4 Å². The topological polar surface area (TPSA) is 32.7 Å². The van der Waals surface area contributed by atoms with Gasteiger partial charge in [-0.3, -0.25) is 4.90 Å². The number of aliphatic hydroxyl groups is 1. The van der Waals surface area contributed by atoms with Gasteiger partial charge < -0.3 is 9.84 Å². The second-order valence-electron chi connectivity index (χ2n) is 5.44. The molecule has 106 valence electrons. The number of hydrogen-bond acceptors (Lipinski definition) is 3. The van der Waals surface area contributed by atoms with Crippen LogP contribution in [0.15, 0.2) is 18.2 Å². The van der Waals surface area contributed by atoms with Crippen molar-refractivity contribution in [2.45, 2.75) is 39.2 Å². The molecule has 0 aliphatic carbocycles. The molecular weight excluding hydrogens is 238 g/mol. The van der Waals surface area contributed by atoms with E-state index >= 15 is 0 Å². The van der Waals surface area contributed by atoms with Crippen LogP contribution in [0.1, 0.15) is 30.4 Å².